The SMILES string of the molecule is CN(C)CCNC(=O)Nc1ccc2nn[nH]c2c1. The number of benzene rings is 1. The lowest BCUT2D eigenvalue weighted by atomic mass is 10.3. The monoisotopic (exact) mass is 248 g/mol. The third-order valence-electron chi connectivity index (χ3n) is 2.43. The van der Waals surface area contributed by atoms with Gasteiger partial charge in [0.2, 0.25) is 0 Å². The van der Waals surface area contributed by atoms with Crippen molar-refractivity contribution in [3.63, 3.8) is 0 Å². The highest BCUT2D eigenvalue weighted by Gasteiger charge is 2.03. The van der Waals surface area contributed by atoms with E-state index in [4.69, 9.17) is 0 Å². The van der Waals surface area contributed by atoms with Crippen LogP contribution in [-0.2, 0) is 0 Å². The number of rotatable bonds is 4. The molecule has 7 heteroatoms. The molecule has 1 aromatic carbocycles. The van der Waals surface area contributed by atoms with Crippen molar-refractivity contribution in [2.24, 2.45) is 0 Å². The van der Waals surface area contributed by atoms with Gasteiger partial charge in [0, 0.05) is 18.8 Å². The molecule has 96 valence electrons. The van der Waals surface area contributed by atoms with E-state index in [2.05, 4.69) is 26.0 Å². The highest BCUT2D eigenvalue weighted by molar-refractivity contribution is 5.91. The Labute approximate surface area is 105 Å². The fourth-order valence-electron chi connectivity index (χ4n) is 1.49. The van der Waals surface area contributed by atoms with Gasteiger partial charge in [0.15, 0.2) is 0 Å². The van der Waals surface area contributed by atoms with Crippen molar-refractivity contribution in [3.8, 4) is 0 Å². The molecule has 0 aliphatic rings. The van der Waals surface area contributed by atoms with Crippen molar-refractivity contribution in [1.29, 1.82) is 0 Å². The summed E-state index contributed by atoms with van der Waals surface area (Å²) < 4.78 is 0. The van der Waals surface area contributed by atoms with E-state index in [1.165, 1.54) is 0 Å². The molecule has 0 fully saturated rings. The first kappa shape index (κ1) is 12.3. The molecule has 0 spiro atoms. The molecule has 0 radical (unpaired) electrons. The average molecular weight is 248 g/mol. The van der Waals surface area contributed by atoms with Gasteiger partial charge in [0.25, 0.3) is 0 Å². The van der Waals surface area contributed by atoms with Crippen LogP contribution in [0.2, 0.25) is 0 Å². The van der Waals surface area contributed by atoms with E-state index in [9.17, 15) is 4.79 Å². The second kappa shape index (κ2) is 5.46. The minimum absolute atomic E-state index is 0.219. The highest BCUT2D eigenvalue weighted by atomic mass is 16.2. The standard InChI is InChI=1S/C11H16N6O/c1-17(2)6-5-12-11(18)13-8-3-4-9-10(7-8)15-16-14-9/h3-4,7H,5-6H2,1-2H3,(H2,12,13,18)(H,14,15,16). The summed E-state index contributed by atoms with van der Waals surface area (Å²) in [6.07, 6.45) is 0. The topological polar surface area (TPSA) is 85.9 Å². The number of carbonyl (C=O) groups excluding carboxylic acids is 1. The predicted molar refractivity (Wildman–Crippen MR) is 69.5 cm³/mol. The number of H-pyrrole nitrogens is 1. The van der Waals surface area contributed by atoms with E-state index in [1.807, 2.05) is 19.0 Å². The summed E-state index contributed by atoms with van der Waals surface area (Å²) in [6.45, 7) is 1.41. The molecule has 0 saturated heterocycles. The summed E-state index contributed by atoms with van der Waals surface area (Å²) in [5.74, 6) is 0. The van der Waals surface area contributed by atoms with E-state index < -0.39 is 0 Å². The van der Waals surface area contributed by atoms with E-state index in [1.54, 1.807) is 18.2 Å². The largest absolute Gasteiger partial charge is 0.337 e. The van der Waals surface area contributed by atoms with Crippen molar-refractivity contribution >= 4 is 22.8 Å². The van der Waals surface area contributed by atoms with Gasteiger partial charge in [0.1, 0.15) is 5.52 Å². The smallest absolute Gasteiger partial charge is 0.319 e. The molecule has 7 nitrogen and oxygen atoms in total. The maximum absolute atomic E-state index is 11.6. The number of likely N-dealkylation sites (N-methyl/N-ethyl adjacent to an activating group) is 1. The second-order valence-electron chi connectivity index (χ2n) is 4.23. The highest BCUT2D eigenvalue weighted by Crippen LogP contribution is 2.14. The Hall–Kier alpha value is -2.15. The minimum atomic E-state index is -0.219. The summed E-state index contributed by atoms with van der Waals surface area (Å²) in [4.78, 5) is 13.6. The molecule has 18 heavy (non-hydrogen) atoms. The number of carbonyl (C=O) groups is 1. The van der Waals surface area contributed by atoms with E-state index in [-0.39, 0.29) is 6.03 Å². The zero-order valence-electron chi connectivity index (χ0n) is 10.4. The molecule has 0 aliphatic carbocycles. The first-order valence-electron chi connectivity index (χ1n) is 5.65. The number of hydrogen-bond donors (Lipinski definition) is 3. The van der Waals surface area contributed by atoms with Crippen LogP contribution >= 0.6 is 0 Å². The Kier molecular flexibility index (Phi) is 3.73. The average Bonchev–Trinajstić information content (AvgIpc) is 2.75. The molecule has 0 aliphatic heterocycles. The zero-order chi connectivity index (χ0) is 13.0. The number of amides is 2. The fraction of sp³-hybridized carbons (Fsp3) is 0.364. The van der Waals surface area contributed by atoms with Gasteiger partial charge < -0.3 is 15.5 Å². The van der Waals surface area contributed by atoms with Crippen molar-refractivity contribution in [2.75, 3.05) is 32.5 Å². The van der Waals surface area contributed by atoms with Crippen LogP contribution in [0.1, 0.15) is 0 Å². The van der Waals surface area contributed by atoms with Crippen LogP contribution in [0.15, 0.2) is 18.2 Å². The van der Waals surface area contributed by atoms with Crippen LogP contribution in [0.5, 0.6) is 0 Å². The third kappa shape index (κ3) is 3.17. The summed E-state index contributed by atoms with van der Waals surface area (Å²) in [6, 6.07) is 5.16. The van der Waals surface area contributed by atoms with Crippen molar-refractivity contribution in [1.82, 2.24) is 25.6 Å². The third-order valence-corrected chi connectivity index (χ3v) is 2.43. The van der Waals surface area contributed by atoms with E-state index in [0.717, 1.165) is 17.6 Å². The zero-order valence-corrected chi connectivity index (χ0v) is 10.4. The quantitative estimate of drug-likeness (QED) is 0.741. The molecular formula is C11H16N6O. The number of fused-ring (bicyclic) bond motifs is 1. The normalized spacial score (nSPS) is 10.8. The number of aromatic amines is 1. The number of aromatic nitrogens is 3. The van der Waals surface area contributed by atoms with Gasteiger partial charge in [0.05, 0.1) is 5.52 Å². The molecule has 1 aromatic heterocycles. The maximum Gasteiger partial charge on any atom is 0.319 e. The molecule has 2 rings (SSSR count). The van der Waals surface area contributed by atoms with Crippen molar-refractivity contribution < 1.29 is 4.79 Å². The number of anilines is 1. The Morgan fingerprint density at radius 2 is 2.28 bits per heavy atom. The summed E-state index contributed by atoms with van der Waals surface area (Å²) in [7, 11) is 3.91. The summed E-state index contributed by atoms with van der Waals surface area (Å²) >= 11 is 0. The Morgan fingerprint density at radius 3 is 3.06 bits per heavy atom. The van der Waals surface area contributed by atoms with Gasteiger partial charge in [-0.3, -0.25) is 5.10 Å². The van der Waals surface area contributed by atoms with Gasteiger partial charge in [-0.25, -0.2) is 4.79 Å². The lowest BCUT2D eigenvalue weighted by Crippen LogP contribution is -2.34. The second-order valence-corrected chi connectivity index (χ2v) is 4.23. The Bertz CT molecular complexity index is 535. The molecule has 0 unspecified atom stereocenters. The van der Waals surface area contributed by atoms with Gasteiger partial charge in [-0.1, -0.05) is 5.21 Å². The van der Waals surface area contributed by atoms with Crippen LogP contribution in [-0.4, -0.2) is 53.5 Å². The lowest BCUT2D eigenvalue weighted by molar-refractivity contribution is 0.250. The van der Waals surface area contributed by atoms with Crippen LogP contribution in [0, 0.1) is 0 Å². The molecule has 2 aromatic rings. The first-order valence-corrected chi connectivity index (χ1v) is 5.65. The van der Waals surface area contributed by atoms with Crippen LogP contribution in [0.4, 0.5) is 10.5 Å². The number of nitrogens with zero attached hydrogens (tertiary/aromatic N) is 3. The predicted octanol–water partition coefficient (Wildman–Crippen LogP) is 0.641. The van der Waals surface area contributed by atoms with E-state index in [0.29, 0.717) is 12.2 Å². The van der Waals surface area contributed by atoms with Gasteiger partial charge >= 0.3 is 6.03 Å². The first-order chi connectivity index (χ1) is 8.65. The van der Waals surface area contributed by atoms with Crippen LogP contribution < -0.4 is 10.6 Å². The maximum atomic E-state index is 11.6. The minimum Gasteiger partial charge on any atom is -0.337 e. The van der Waals surface area contributed by atoms with Crippen LogP contribution in [0.3, 0.4) is 0 Å². The molecule has 0 atom stereocenters. The van der Waals surface area contributed by atoms with Crippen molar-refractivity contribution in [2.45, 2.75) is 0 Å². The number of hydrogen-bond acceptors (Lipinski definition) is 4. The molecule has 0 saturated carbocycles. The fourth-order valence-corrected chi connectivity index (χ4v) is 1.49. The Balaban J connectivity index is 1.90. The van der Waals surface area contributed by atoms with Gasteiger partial charge in [-0.15, -0.1) is 5.10 Å². The Morgan fingerprint density at radius 1 is 1.44 bits per heavy atom. The molecule has 1 heterocycles. The van der Waals surface area contributed by atoms with Crippen LogP contribution in [0.25, 0.3) is 11.0 Å². The number of urea groups is 1. The summed E-state index contributed by atoms with van der Waals surface area (Å²) in [5.41, 5.74) is 2.27. The van der Waals surface area contributed by atoms with Gasteiger partial charge in [-0.05, 0) is 32.3 Å². The molecule has 0 bridgehead atoms. The number of nitrogens with one attached hydrogen (secondary N) is 3. The van der Waals surface area contributed by atoms with E-state index >= 15 is 0 Å². The molecular weight excluding hydrogens is 232 g/mol. The molecule has 2 amide bonds. The molecule has 3 N–H and O–H groups in total. The van der Waals surface area contributed by atoms with Crippen molar-refractivity contribution in [3.05, 3.63) is 18.2 Å². The van der Waals surface area contributed by atoms with Gasteiger partial charge in [-0.2, -0.15) is 0 Å². The summed E-state index contributed by atoms with van der Waals surface area (Å²) in [5, 5.41) is 15.8. The lowest BCUT2D eigenvalue weighted by Gasteiger charge is -2.11.